The van der Waals surface area contributed by atoms with Gasteiger partial charge in [0.1, 0.15) is 5.82 Å². The fourth-order valence-corrected chi connectivity index (χ4v) is 2.54. The molecule has 1 aliphatic rings. The lowest BCUT2D eigenvalue weighted by molar-refractivity contribution is 0.227. The molecular weight excluding hydrogens is 201 g/mol. The molecule has 1 aromatic rings. The van der Waals surface area contributed by atoms with E-state index in [4.69, 9.17) is 0 Å². The second-order valence-electron chi connectivity index (χ2n) is 4.79. The van der Waals surface area contributed by atoms with Gasteiger partial charge in [-0.2, -0.15) is 0 Å². The van der Waals surface area contributed by atoms with E-state index < -0.39 is 0 Å². The molecule has 0 heterocycles. The summed E-state index contributed by atoms with van der Waals surface area (Å²) in [5.41, 5.74) is 0.977. The van der Waals surface area contributed by atoms with E-state index in [1.807, 2.05) is 12.1 Å². The van der Waals surface area contributed by atoms with Gasteiger partial charge in [0.15, 0.2) is 0 Å². The van der Waals surface area contributed by atoms with Crippen LogP contribution in [0.3, 0.4) is 0 Å². The molecule has 0 atom stereocenters. The molecular formula is C14H20FN. The molecule has 0 aromatic heterocycles. The van der Waals surface area contributed by atoms with Crippen molar-refractivity contribution in [1.82, 2.24) is 5.32 Å². The summed E-state index contributed by atoms with van der Waals surface area (Å²) in [4.78, 5) is 0. The summed E-state index contributed by atoms with van der Waals surface area (Å²) in [6, 6.07) is 7.24. The highest BCUT2D eigenvalue weighted by Gasteiger charge is 2.39. The fourth-order valence-electron chi connectivity index (χ4n) is 2.54. The summed E-state index contributed by atoms with van der Waals surface area (Å²) in [5.74, 6) is -0.0412. The van der Waals surface area contributed by atoms with Gasteiger partial charge >= 0.3 is 0 Å². The van der Waals surface area contributed by atoms with Crippen LogP contribution in [-0.2, 0) is 5.41 Å². The Morgan fingerprint density at radius 1 is 1.31 bits per heavy atom. The molecule has 1 aliphatic carbocycles. The quantitative estimate of drug-likeness (QED) is 0.753. The molecule has 0 amide bonds. The van der Waals surface area contributed by atoms with E-state index in [1.165, 1.54) is 6.42 Å². The first-order chi connectivity index (χ1) is 7.78. The average molecular weight is 221 g/mol. The molecule has 16 heavy (non-hydrogen) atoms. The molecule has 2 rings (SSSR count). The first kappa shape index (κ1) is 11.6. The van der Waals surface area contributed by atoms with Crippen LogP contribution in [0.4, 0.5) is 4.39 Å². The zero-order chi connectivity index (χ0) is 11.4. The van der Waals surface area contributed by atoms with Gasteiger partial charge in [0.2, 0.25) is 0 Å². The highest BCUT2D eigenvalue weighted by Crippen LogP contribution is 2.44. The van der Waals surface area contributed by atoms with E-state index in [0.717, 1.165) is 37.9 Å². The number of hydrogen-bond acceptors (Lipinski definition) is 1. The highest BCUT2D eigenvalue weighted by molar-refractivity contribution is 5.30. The zero-order valence-electron chi connectivity index (χ0n) is 9.93. The number of halogens is 1. The van der Waals surface area contributed by atoms with E-state index in [9.17, 15) is 4.39 Å². The van der Waals surface area contributed by atoms with Crippen molar-refractivity contribution in [2.75, 3.05) is 13.1 Å². The third-order valence-corrected chi connectivity index (χ3v) is 3.65. The topological polar surface area (TPSA) is 12.0 Å². The van der Waals surface area contributed by atoms with Gasteiger partial charge < -0.3 is 5.32 Å². The summed E-state index contributed by atoms with van der Waals surface area (Å²) in [5, 5.41) is 3.44. The minimum absolute atomic E-state index is 0.0412. The lowest BCUT2D eigenvalue weighted by Gasteiger charge is -2.43. The molecule has 0 aliphatic heterocycles. The maximum atomic E-state index is 13.8. The Balaban J connectivity index is 2.12. The number of nitrogens with one attached hydrogen (secondary N) is 1. The van der Waals surface area contributed by atoms with E-state index in [-0.39, 0.29) is 11.2 Å². The number of hydrogen-bond donors (Lipinski definition) is 1. The Kier molecular flexibility index (Phi) is 3.59. The van der Waals surface area contributed by atoms with E-state index in [0.29, 0.717) is 0 Å². The van der Waals surface area contributed by atoms with Crippen molar-refractivity contribution in [3.63, 3.8) is 0 Å². The lowest BCUT2D eigenvalue weighted by atomic mass is 9.64. The lowest BCUT2D eigenvalue weighted by Crippen LogP contribution is -2.44. The van der Waals surface area contributed by atoms with Crippen molar-refractivity contribution in [2.45, 2.75) is 38.0 Å². The van der Waals surface area contributed by atoms with Crippen LogP contribution in [0.25, 0.3) is 0 Å². The van der Waals surface area contributed by atoms with E-state index in [1.54, 1.807) is 12.1 Å². The van der Waals surface area contributed by atoms with Crippen molar-refractivity contribution in [3.05, 3.63) is 35.6 Å². The standard InChI is InChI=1S/C14H20FN/c1-2-10-16-11-14(8-5-9-14)12-6-3-4-7-13(12)15/h3-4,6-7,16H,2,5,8-11H2,1H3. The average Bonchev–Trinajstić information content (AvgIpc) is 2.24. The van der Waals surface area contributed by atoms with Crippen molar-refractivity contribution < 1.29 is 4.39 Å². The van der Waals surface area contributed by atoms with Gasteiger partial charge in [-0.15, -0.1) is 0 Å². The SMILES string of the molecule is CCCNCC1(c2ccccc2F)CCC1. The molecule has 88 valence electrons. The predicted octanol–water partition coefficient (Wildman–Crippen LogP) is 3.25. The molecule has 1 saturated carbocycles. The van der Waals surface area contributed by atoms with Crippen LogP contribution in [0.2, 0.25) is 0 Å². The van der Waals surface area contributed by atoms with E-state index in [2.05, 4.69) is 12.2 Å². The second-order valence-corrected chi connectivity index (χ2v) is 4.79. The fraction of sp³-hybridized carbons (Fsp3) is 0.571. The van der Waals surface area contributed by atoms with Crippen LogP contribution in [0.1, 0.15) is 38.2 Å². The molecule has 0 bridgehead atoms. The minimum atomic E-state index is -0.0412. The summed E-state index contributed by atoms with van der Waals surface area (Å²) in [6.07, 6.45) is 4.59. The largest absolute Gasteiger partial charge is 0.316 e. The second kappa shape index (κ2) is 4.96. The van der Waals surface area contributed by atoms with Crippen LogP contribution in [0.5, 0.6) is 0 Å². The number of rotatable bonds is 5. The van der Waals surface area contributed by atoms with Gasteiger partial charge in [-0.25, -0.2) is 4.39 Å². The Labute approximate surface area is 97.1 Å². The summed E-state index contributed by atoms with van der Waals surface area (Å²) >= 11 is 0. The van der Waals surface area contributed by atoms with Crippen molar-refractivity contribution in [1.29, 1.82) is 0 Å². The minimum Gasteiger partial charge on any atom is -0.316 e. The van der Waals surface area contributed by atoms with Crippen LogP contribution in [0, 0.1) is 5.82 Å². The Morgan fingerprint density at radius 3 is 2.62 bits per heavy atom. The van der Waals surface area contributed by atoms with Gasteiger partial charge in [-0.1, -0.05) is 31.5 Å². The molecule has 1 fully saturated rings. The zero-order valence-corrected chi connectivity index (χ0v) is 9.93. The normalized spacial score (nSPS) is 18.1. The Bertz CT molecular complexity index is 344. The maximum Gasteiger partial charge on any atom is 0.127 e. The van der Waals surface area contributed by atoms with Crippen molar-refractivity contribution in [2.24, 2.45) is 0 Å². The van der Waals surface area contributed by atoms with Crippen LogP contribution >= 0.6 is 0 Å². The van der Waals surface area contributed by atoms with Crippen molar-refractivity contribution in [3.8, 4) is 0 Å². The van der Waals surface area contributed by atoms with Crippen LogP contribution in [-0.4, -0.2) is 13.1 Å². The first-order valence-corrected chi connectivity index (χ1v) is 6.24. The molecule has 1 N–H and O–H groups in total. The van der Waals surface area contributed by atoms with E-state index >= 15 is 0 Å². The van der Waals surface area contributed by atoms with Gasteiger partial charge in [-0.3, -0.25) is 0 Å². The summed E-state index contributed by atoms with van der Waals surface area (Å²) in [6.45, 7) is 4.10. The molecule has 1 aromatic carbocycles. The highest BCUT2D eigenvalue weighted by atomic mass is 19.1. The molecule has 1 nitrogen and oxygen atoms in total. The van der Waals surface area contributed by atoms with Gasteiger partial charge in [-0.05, 0) is 37.4 Å². The first-order valence-electron chi connectivity index (χ1n) is 6.24. The van der Waals surface area contributed by atoms with Crippen LogP contribution in [0.15, 0.2) is 24.3 Å². The van der Waals surface area contributed by atoms with Crippen LogP contribution < -0.4 is 5.32 Å². The third kappa shape index (κ3) is 2.12. The summed E-state index contributed by atoms with van der Waals surface area (Å²) in [7, 11) is 0. The molecule has 0 spiro atoms. The molecule has 0 radical (unpaired) electrons. The Morgan fingerprint density at radius 2 is 2.06 bits per heavy atom. The number of benzene rings is 1. The predicted molar refractivity (Wildman–Crippen MR) is 65.1 cm³/mol. The molecule has 0 unspecified atom stereocenters. The van der Waals surface area contributed by atoms with Gasteiger partial charge in [0.05, 0.1) is 0 Å². The maximum absolute atomic E-state index is 13.8. The van der Waals surface area contributed by atoms with Gasteiger partial charge in [0, 0.05) is 12.0 Å². The van der Waals surface area contributed by atoms with Gasteiger partial charge in [0.25, 0.3) is 0 Å². The molecule has 2 heteroatoms. The molecule has 0 saturated heterocycles. The monoisotopic (exact) mass is 221 g/mol. The smallest absolute Gasteiger partial charge is 0.127 e. The summed E-state index contributed by atoms with van der Waals surface area (Å²) < 4.78 is 13.8. The van der Waals surface area contributed by atoms with Crippen molar-refractivity contribution >= 4 is 0 Å². The third-order valence-electron chi connectivity index (χ3n) is 3.65. The Hall–Kier alpha value is -0.890.